The Bertz CT molecular complexity index is 613. The van der Waals surface area contributed by atoms with Crippen LogP contribution >= 0.6 is 0 Å². The molecule has 0 spiro atoms. The maximum absolute atomic E-state index is 14.7. The molecular weight excluding hydrogens is 271 g/mol. The van der Waals surface area contributed by atoms with Gasteiger partial charge in [0.05, 0.1) is 12.3 Å². The first-order chi connectivity index (χ1) is 9.31. The van der Waals surface area contributed by atoms with Gasteiger partial charge in [0.15, 0.2) is 0 Å². The molecule has 0 aromatic carbocycles. The molecule has 2 heterocycles. The first-order valence-corrected chi connectivity index (χ1v) is 5.71. The molecule has 1 fully saturated rings. The van der Waals surface area contributed by atoms with Crippen molar-refractivity contribution in [3.05, 3.63) is 16.7 Å². The van der Waals surface area contributed by atoms with E-state index in [0.717, 1.165) is 6.20 Å². The Labute approximate surface area is 113 Å². The van der Waals surface area contributed by atoms with Gasteiger partial charge in [-0.05, 0) is 6.92 Å². The summed E-state index contributed by atoms with van der Waals surface area (Å²) in [6.45, 7) is 1.30. The minimum Gasteiger partial charge on any atom is -0.391 e. The molecule has 9 heteroatoms. The van der Waals surface area contributed by atoms with Crippen molar-refractivity contribution >= 4 is 5.82 Å². The zero-order valence-corrected chi connectivity index (χ0v) is 10.5. The number of nitrogen functional groups attached to an aromatic ring is 1. The van der Waals surface area contributed by atoms with Gasteiger partial charge in [-0.2, -0.15) is 14.8 Å². The number of rotatable bonds is 2. The van der Waals surface area contributed by atoms with Crippen molar-refractivity contribution in [1.29, 1.82) is 0 Å². The molecule has 2 rings (SSSR count). The van der Waals surface area contributed by atoms with Gasteiger partial charge in [-0.15, -0.1) is 6.42 Å². The van der Waals surface area contributed by atoms with E-state index in [1.165, 1.54) is 6.92 Å². The highest BCUT2D eigenvalue weighted by Crippen LogP contribution is 2.41. The number of aromatic nitrogens is 3. The number of nitrogens with zero attached hydrogens (tertiary/aromatic N) is 3. The number of terminal acetylenes is 1. The molecule has 108 valence electrons. The van der Waals surface area contributed by atoms with Crippen molar-refractivity contribution in [3.8, 4) is 12.3 Å². The molecular formula is C11H13FN4O4. The Hall–Kier alpha value is -2.02. The molecule has 5 atom stereocenters. The van der Waals surface area contributed by atoms with Crippen molar-refractivity contribution in [2.75, 3.05) is 5.73 Å². The summed E-state index contributed by atoms with van der Waals surface area (Å²) >= 11 is 0. The Kier molecular flexibility index (Phi) is 3.47. The highest BCUT2D eigenvalue weighted by atomic mass is 19.1. The lowest BCUT2D eigenvalue weighted by atomic mass is 9.95. The van der Waals surface area contributed by atoms with Crippen molar-refractivity contribution in [1.82, 2.24) is 14.8 Å². The third kappa shape index (κ3) is 2.03. The van der Waals surface area contributed by atoms with Crippen molar-refractivity contribution in [2.45, 2.75) is 37.1 Å². The molecule has 20 heavy (non-hydrogen) atoms. The smallest absolute Gasteiger partial charge is 0.368 e. The quantitative estimate of drug-likeness (QED) is 0.547. The zero-order chi connectivity index (χ0) is 15.1. The van der Waals surface area contributed by atoms with E-state index in [0.29, 0.717) is 4.68 Å². The van der Waals surface area contributed by atoms with Crippen LogP contribution in [0.4, 0.5) is 10.2 Å². The van der Waals surface area contributed by atoms with Crippen LogP contribution in [0.25, 0.3) is 0 Å². The standard InChI is InChI=1S/C11H13FN4O4/c1-3-11(12)8(18)7(5(2)17)20-9(11)16-10(19)15-6(13)4-14-16/h1,4-5,7-9,17-18H,2H3,(H2,13,15,19)/t5-,7-,8?,9-,11?/m1/s1. The summed E-state index contributed by atoms with van der Waals surface area (Å²) in [6, 6.07) is 0. The van der Waals surface area contributed by atoms with E-state index in [1.54, 1.807) is 5.92 Å². The first-order valence-electron chi connectivity index (χ1n) is 5.71. The van der Waals surface area contributed by atoms with Gasteiger partial charge >= 0.3 is 5.69 Å². The lowest BCUT2D eigenvalue weighted by molar-refractivity contribution is -0.0849. The fourth-order valence-electron chi connectivity index (χ4n) is 2.00. The number of aliphatic hydroxyl groups is 2. The second kappa shape index (κ2) is 4.82. The van der Waals surface area contributed by atoms with Gasteiger partial charge < -0.3 is 20.7 Å². The van der Waals surface area contributed by atoms with Crippen LogP contribution in [0, 0.1) is 12.3 Å². The van der Waals surface area contributed by atoms with Crippen LogP contribution in [0.2, 0.25) is 0 Å². The zero-order valence-electron chi connectivity index (χ0n) is 10.5. The van der Waals surface area contributed by atoms with Gasteiger partial charge in [-0.25, -0.2) is 9.18 Å². The second-order valence-corrected chi connectivity index (χ2v) is 4.46. The van der Waals surface area contributed by atoms with Gasteiger partial charge in [0.2, 0.25) is 11.9 Å². The molecule has 4 N–H and O–H groups in total. The van der Waals surface area contributed by atoms with Crippen LogP contribution in [0.5, 0.6) is 0 Å². The topological polar surface area (TPSA) is 123 Å². The Morgan fingerprint density at radius 3 is 2.90 bits per heavy atom. The number of nitrogens with two attached hydrogens (primary N) is 1. The third-order valence-electron chi connectivity index (χ3n) is 3.04. The number of anilines is 1. The van der Waals surface area contributed by atoms with E-state index >= 15 is 0 Å². The summed E-state index contributed by atoms with van der Waals surface area (Å²) < 4.78 is 20.4. The molecule has 1 aromatic heterocycles. The fraction of sp³-hybridized carbons (Fsp3) is 0.545. The summed E-state index contributed by atoms with van der Waals surface area (Å²) in [7, 11) is 0. The van der Waals surface area contributed by atoms with Crippen molar-refractivity contribution < 1.29 is 19.3 Å². The largest absolute Gasteiger partial charge is 0.391 e. The lowest BCUT2D eigenvalue weighted by Crippen LogP contribution is -2.46. The normalized spacial score (nSPS) is 34.6. The first kappa shape index (κ1) is 14.4. The van der Waals surface area contributed by atoms with Crippen LogP contribution in [0.1, 0.15) is 13.2 Å². The number of hydrogen-bond donors (Lipinski definition) is 3. The molecule has 2 unspecified atom stereocenters. The van der Waals surface area contributed by atoms with Crippen LogP contribution in [-0.2, 0) is 4.74 Å². The average molecular weight is 284 g/mol. The monoisotopic (exact) mass is 284 g/mol. The molecule has 1 aliphatic heterocycles. The predicted octanol–water partition coefficient (Wildman–Crippen LogP) is -1.80. The molecule has 0 amide bonds. The number of ether oxygens (including phenoxy) is 1. The number of alkyl halides is 1. The molecule has 1 saturated heterocycles. The average Bonchev–Trinajstić information content (AvgIpc) is 2.64. The lowest BCUT2D eigenvalue weighted by Gasteiger charge is -2.22. The highest BCUT2D eigenvalue weighted by Gasteiger charge is 2.59. The third-order valence-corrected chi connectivity index (χ3v) is 3.04. The van der Waals surface area contributed by atoms with Crippen molar-refractivity contribution in [3.63, 3.8) is 0 Å². The molecule has 0 saturated carbocycles. The van der Waals surface area contributed by atoms with Crippen LogP contribution in [-0.4, -0.2) is 49.0 Å². The molecule has 0 bridgehead atoms. The minimum absolute atomic E-state index is 0.151. The molecule has 8 nitrogen and oxygen atoms in total. The number of aliphatic hydroxyl groups excluding tert-OH is 2. The van der Waals surface area contributed by atoms with E-state index in [1.807, 2.05) is 0 Å². The Morgan fingerprint density at radius 1 is 1.75 bits per heavy atom. The van der Waals surface area contributed by atoms with Crippen LogP contribution in [0.15, 0.2) is 11.0 Å². The van der Waals surface area contributed by atoms with Crippen LogP contribution < -0.4 is 11.4 Å². The van der Waals surface area contributed by atoms with E-state index in [-0.39, 0.29) is 5.82 Å². The van der Waals surface area contributed by atoms with Crippen LogP contribution in [0.3, 0.4) is 0 Å². The van der Waals surface area contributed by atoms with E-state index in [9.17, 15) is 19.4 Å². The summed E-state index contributed by atoms with van der Waals surface area (Å²) in [5.74, 6) is 1.60. The van der Waals surface area contributed by atoms with Crippen molar-refractivity contribution in [2.24, 2.45) is 0 Å². The van der Waals surface area contributed by atoms with Gasteiger partial charge in [0, 0.05) is 0 Å². The highest BCUT2D eigenvalue weighted by molar-refractivity contribution is 5.22. The molecule has 1 aromatic rings. The van der Waals surface area contributed by atoms with Gasteiger partial charge in [-0.1, -0.05) is 5.92 Å². The van der Waals surface area contributed by atoms with Gasteiger partial charge in [-0.3, -0.25) is 0 Å². The summed E-state index contributed by atoms with van der Waals surface area (Å²) in [5.41, 5.74) is 1.57. The van der Waals surface area contributed by atoms with E-state index < -0.39 is 35.9 Å². The minimum atomic E-state index is -2.73. The van der Waals surface area contributed by atoms with E-state index in [4.69, 9.17) is 16.9 Å². The summed E-state index contributed by atoms with van der Waals surface area (Å²) in [6.07, 6.45) is 0.0925. The fourth-order valence-corrected chi connectivity index (χ4v) is 2.00. The number of halogens is 1. The molecule has 0 radical (unpaired) electrons. The summed E-state index contributed by atoms with van der Waals surface area (Å²) in [5, 5.41) is 22.9. The van der Waals surface area contributed by atoms with E-state index in [2.05, 4.69) is 10.1 Å². The van der Waals surface area contributed by atoms with Gasteiger partial charge in [0.1, 0.15) is 18.0 Å². The predicted molar refractivity (Wildman–Crippen MR) is 65.0 cm³/mol. The Balaban J connectivity index is 2.50. The SMILES string of the molecule is C#CC1(F)C(O)[C@@H]([C@@H](C)O)O[C@H]1n1ncc(N)nc1=O. The molecule has 0 aliphatic carbocycles. The second-order valence-electron chi connectivity index (χ2n) is 4.46. The summed E-state index contributed by atoms with van der Waals surface area (Å²) in [4.78, 5) is 15.0. The molecule has 1 aliphatic rings. The maximum atomic E-state index is 14.7. The van der Waals surface area contributed by atoms with Gasteiger partial charge in [0.25, 0.3) is 0 Å². The number of hydrogen-bond acceptors (Lipinski definition) is 7. The maximum Gasteiger partial charge on any atom is 0.368 e. The Morgan fingerprint density at radius 2 is 2.40 bits per heavy atom.